The first-order valence-corrected chi connectivity index (χ1v) is 6.95. The van der Waals surface area contributed by atoms with Crippen molar-refractivity contribution in [3.05, 3.63) is 0 Å². The van der Waals surface area contributed by atoms with Crippen molar-refractivity contribution in [3.63, 3.8) is 0 Å². The Morgan fingerprint density at radius 1 is 1.21 bits per heavy atom. The number of hydrogen-bond donors (Lipinski definition) is 1. The second-order valence-corrected chi connectivity index (χ2v) is 5.36. The third kappa shape index (κ3) is 9.47. The number of ether oxygens (including phenoxy) is 1. The predicted molar refractivity (Wildman–Crippen MR) is 75.8 cm³/mol. The second-order valence-electron chi connectivity index (χ2n) is 5.36. The Balaban J connectivity index is 3.95. The quantitative estimate of drug-likeness (QED) is 0.645. The van der Waals surface area contributed by atoms with E-state index in [0.717, 1.165) is 6.42 Å². The molecule has 1 N–H and O–H groups in total. The first-order chi connectivity index (χ1) is 8.86. The molecule has 0 aromatic carbocycles. The summed E-state index contributed by atoms with van der Waals surface area (Å²) in [6.45, 7) is 7.06. The van der Waals surface area contributed by atoms with Gasteiger partial charge in [-0.2, -0.15) is 0 Å². The van der Waals surface area contributed by atoms with Gasteiger partial charge in [-0.15, -0.1) is 0 Å². The maximum absolute atomic E-state index is 11.6. The van der Waals surface area contributed by atoms with Crippen LogP contribution in [0.1, 0.15) is 40.0 Å². The van der Waals surface area contributed by atoms with Crippen molar-refractivity contribution in [2.24, 2.45) is 5.92 Å². The zero-order chi connectivity index (χ0) is 14.8. The van der Waals surface area contributed by atoms with Gasteiger partial charge >= 0.3 is 5.97 Å². The van der Waals surface area contributed by atoms with Crippen LogP contribution in [0.15, 0.2) is 0 Å². The van der Waals surface area contributed by atoms with E-state index in [1.165, 1.54) is 0 Å². The topological polar surface area (TPSA) is 58.6 Å². The smallest absolute Gasteiger partial charge is 0.306 e. The molecule has 5 heteroatoms. The summed E-state index contributed by atoms with van der Waals surface area (Å²) in [4.78, 5) is 24.9. The Hall–Kier alpha value is -1.10. The van der Waals surface area contributed by atoms with Gasteiger partial charge in [0.15, 0.2) is 0 Å². The summed E-state index contributed by atoms with van der Waals surface area (Å²) in [6.07, 6.45) is 1.38. The molecule has 1 amide bonds. The van der Waals surface area contributed by atoms with E-state index in [9.17, 15) is 9.59 Å². The molecule has 0 heterocycles. The van der Waals surface area contributed by atoms with E-state index in [2.05, 4.69) is 24.1 Å². The van der Waals surface area contributed by atoms with Crippen LogP contribution in [-0.4, -0.2) is 50.1 Å². The number of carbonyl (C=O) groups excluding carboxylic acids is 2. The summed E-state index contributed by atoms with van der Waals surface area (Å²) in [6, 6.07) is 0.326. The average Bonchev–Trinajstić information content (AvgIpc) is 2.31. The SMILES string of the molecule is CCOC(=O)CCC(=O)NCC(CC(C)C)N(C)C. The molecule has 0 radical (unpaired) electrons. The van der Waals surface area contributed by atoms with Crippen LogP contribution < -0.4 is 5.32 Å². The van der Waals surface area contributed by atoms with Crippen LogP contribution in [0.2, 0.25) is 0 Å². The molecule has 112 valence electrons. The molecular formula is C14H28N2O3. The minimum absolute atomic E-state index is 0.0938. The largest absolute Gasteiger partial charge is 0.466 e. The molecule has 5 nitrogen and oxygen atoms in total. The van der Waals surface area contributed by atoms with Crippen molar-refractivity contribution in [2.75, 3.05) is 27.2 Å². The van der Waals surface area contributed by atoms with Gasteiger partial charge in [0, 0.05) is 19.0 Å². The highest BCUT2D eigenvalue weighted by Crippen LogP contribution is 2.08. The van der Waals surface area contributed by atoms with Crippen LogP contribution in [0.4, 0.5) is 0 Å². The molecule has 0 saturated carbocycles. The monoisotopic (exact) mass is 272 g/mol. The summed E-state index contributed by atoms with van der Waals surface area (Å²) < 4.78 is 4.78. The maximum Gasteiger partial charge on any atom is 0.306 e. The highest BCUT2D eigenvalue weighted by molar-refractivity contribution is 5.81. The number of carbonyl (C=O) groups is 2. The Morgan fingerprint density at radius 3 is 2.32 bits per heavy atom. The molecule has 0 aliphatic carbocycles. The summed E-state index contributed by atoms with van der Waals surface area (Å²) in [5.41, 5.74) is 0. The van der Waals surface area contributed by atoms with Gasteiger partial charge in [0.2, 0.25) is 5.91 Å². The van der Waals surface area contributed by atoms with Crippen LogP contribution in [0.25, 0.3) is 0 Å². The Labute approximate surface area is 116 Å². The lowest BCUT2D eigenvalue weighted by Crippen LogP contribution is -2.41. The van der Waals surface area contributed by atoms with E-state index in [1.807, 2.05) is 14.1 Å². The van der Waals surface area contributed by atoms with Crippen LogP contribution in [0, 0.1) is 5.92 Å². The molecule has 0 spiro atoms. The third-order valence-corrected chi connectivity index (χ3v) is 2.87. The molecule has 0 aliphatic rings. The normalized spacial score (nSPS) is 12.6. The lowest BCUT2D eigenvalue weighted by atomic mass is 10.0. The van der Waals surface area contributed by atoms with Crippen molar-refractivity contribution in [2.45, 2.75) is 46.1 Å². The van der Waals surface area contributed by atoms with Gasteiger partial charge in [0.1, 0.15) is 0 Å². The molecule has 19 heavy (non-hydrogen) atoms. The minimum atomic E-state index is -0.316. The Bertz CT molecular complexity index is 278. The third-order valence-electron chi connectivity index (χ3n) is 2.87. The number of amides is 1. The number of hydrogen-bond acceptors (Lipinski definition) is 4. The fourth-order valence-corrected chi connectivity index (χ4v) is 1.79. The molecule has 0 rings (SSSR count). The lowest BCUT2D eigenvalue weighted by Gasteiger charge is -2.26. The maximum atomic E-state index is 11.6. The zero-order valence-electron chi connectivity index (χ0n) is 12.9. The fraction of sp³-hybridized carbons (Fsp3) is 0.857. The fourth-order valence-electron chi connectivity index (χ4n) is 1.79. The van der Waals surface area contributed by atoms with E-state index in [-0.39, 0.29) is 24.7 Å². The Kier molecular flexibility index (Phi) is 9.21. The lowest BCUT2D eigenvalue weighted by molar-refractivity contribution is -0.144. The number of nitrogens with zero attached hydrogens (tertiary/aromatic N) is 1. The molecule has 0 saturated heterocycles. The van der Waals surface area contributed by atoms with Gasteiger partial charge < -0.3 is 15.0 Å². The molecule has 0 aliphatic heterocycles. The molecule has 0 aromatic heterocycles. The number of likely N-dealkylation sites (N-methyl/N-ethyl adjacent to an activating group) is 1. The molecular weight excluding hydrogens is 244 g/mol. The predicted octanol–water partition coefficient (Wildman–Crippen LogP) is 1.42. The van der Waals surface area contributed by atoms with Crippen molar-refractivity contribution in [3.8, 4) is 0 Å². The minimum Gasteiger partial charge on any atom is -0.466 e. The molecule has 0 fully saturated rings. The van der Waals surface area contributed by atoms with Crippen LogP contribution in [0.3, 0.4) is 0 Å². The van der Waals surface area contributed by atoms with E-state index in [0.29, 0.717) is 25.1 Å². The standard InChI is InChI=1S/C14H28N2O3/c1-6-19-14(18)8-7-13(17)15-10-12(16(4)5)9-11(2)3/h11-12H,6-10H2,1-5H3,(H,15,17). The molecule has 1 unspecified atom stereocenters. The van der Waals surface area contributed by atoms with E-state index < -0.39 is 0 Å². The van der Waals surface area contributed by atoms with Crippen molar-refractivity contribution < 1.29 is 14.3 Å². The van der Waals surface area contributed by atoms with Crippen LogP contribution in [-0.2, 0) is 14.3 Å². The molecule has 0 aromatic rings. The van der Waals surface area contributed by atoms with Gasteiger partial charge in [-0.3, -0.25) is 9.59 Å². The summed E-state index contributed by atoms with van der Waals surface area (Å²) in [5.74, 6) is 0.177. The molecule has 0 bridgehead atoms. The summed E-state index contributed by atoms with van der Waals surface area (Å²) >= 11 is 0. The van der Waals surface area contributed by atoms with Gasteiger partial charge in [-0.05, 0) is 33.4 Å². The number of esters is 1. The van der Waals surface area contributed by atoms with Crippen LogP contribution >= 0.6 is 0 Å². The second kappa shape index (κ2) is 9.78. The van der Waals surface area contributed by atoms with E-state index in [4.69, 9.17) is 4.74 Å². The number of nitrogens with one attached hydrogen (secondary N) is 1. The van der Waals surface area contributed by atoms with E-state index >= 15 is 0 Å². The van der Waals surface area contributed by atoms with Crippen molar-refractivity contribution >= 4 is 11.9 Å². The number of rotatable bonds is 9. The summed E-state index contributed by atoms with van der Waals surface area (Å²) in [7, 11) is 4.02. The zero-order valence-corrected chi connectivity index (χ0v) is 12.9. The first kappa shape index (κ1) is 17.9. The van der Waals surface area contributed by atoms with Gasteiger partial charge in [-0.25, -0.2) is 0 Å². The van der Waals surface area contributed by atoms with E-state index in [1.54, 1.807) is 6.92 Å². The highest BCUT2D eigenvalue weighted by Gasteiger charge is 2.15. The molecule has 1 atom stereocenters. The van der Waals surface area contributed by atoms with Gasteiger partial charge in [-0.1, -0.05) is 13.8 Å². The summed E-state index contributed by atoms with van der Waals surface area (Å²) in [5, 5.41) is 2.88. The Morgan fingerprint density at radius 2 is 1.84 bits per heavy atom. The van der Waals surface area contributed by atoms with Crippen molar-refractivity contribution in [1.29, 1.82) is 0 Å². The first-order valence-electron chi connectivity index (χ1n) is 6.95. The van der Waals surface area contributed by atoms with Gasteiger partial charge in [0.25, 0.3) is 0 Å². The highest BCUT2D eigenvalue weighted by atomic mass is 16.5. The van der Waals surface area contributed by atoms with Crippen molar-refractivity contribution in [1.82, 2.24) is 10.2 Å². The average molecular weight is 272 g/mol. The van der Waals surface area contributed by atoms with Gasteiger partial charge in [0.05, 0.1) is 13.0 Å². The van der Waals surface area contributed by atoms with Crippen LogP contribution in [0.5, 0.6) is 0 Å².